The van der Waals surface area contributed by atoms with Gasteiger partial charge in [0.1, 0.15) is 18.3 Å². The highest BCUT2D eigenvalue weighted by Crippen LogP contribution is 2.28. The fourth-order valence-electron chi connectivity index (χ4n) is 5.07. The summed E-state index contributed by atoms with van der Waals surface area (Å²) < 4.78 is 35.1. The maximum atomic E-state index is 14.6. The molecule has 0 aliphatic rings. The number of carbonyl (C=O) groups excluding carboxylic acids is 2. The molecule has 11 heteroatoms. The fourth-order valence-corrected chi connectivity index (χ4v) is 6.95. The monoisotopic (exact) mass is 709 g/mol. The standard InChI is InChI=1S/C37H41Cl2N3O5S/c1-5-27(4)40-37(44)35(22-28-10-8-7-9-11-28)41(24-29-14-15-30(38)23-34(29)39)36(43)25-42(31-16-12-26(3)13-17-31)48(45,46)33-20-18-32(19-21-33)47-6-2/h7-21,23,27,35H,5-6,22,24-25H2,1-4H3,(H,40,44). The van der Waals surface area contributed by atoms with Gasteiger partial charge in [-0.3, -0.25) is 13.9 Å². The van der Waals surface area contributed by atoms with Gasteiger partial charge in [0.05, 0.1) is 17.2 Å². The highest BCUT2D eigenvalue weighted by atomic mass is 35.5. The van der Waals surface area contributed by atoms with Gasteiger partial charge in [0, 0.05) is 29.1 Å². The Kier molecular flexibility index (Phi) is 12.9. The second kappa shape index (κ2) is 16.9. The first-order valence-electron chi connectivity index (χ1n) is 15.8. The molecule has 2 unspecified atom stereocenters. The molecule has 0 saturated carbocycles. The second-order valence-electron chi connectivity index (χ2n) is 11.5. The molecule has 0 saturated heterocycles. The summed E-state index contributed by atoms with van der Waals surface area (Å²) in [7, 11) is -4.26. The third-order valence-electron chi connectivity index (χ3n) is 7.95. The predicted octanol–water partition coefficient (Wildman–Crippen LogP) is 7.45. The van der Waals surface area contributed by atoms with E-state index in [1.54, 1.807) is 54.6 Å². The third kappa shape index (κ3) is 9.52. The van der Waals surface area contributed by atoms with Crippen LogP contribution in [0.5, 0.6) is 5.75 Å². The normalized spacial score (nSPS) is 12.5. The molecule has 4 aromatic rings. The molecule has 0 spiro atoms. The molecule has 2 amide bonds. The number of halogens is 2. The zero-order valence-electron chi connectivity index (χ0n) is 27.5. The molecule has 4 rings (SSSR count). The van der Waals surface area contributed by atoms with Gasteiger partial charge in [-0.25, -0.2) is 8.42 Å². The van der Waals surface area contributed by atoms with Gasteiger partial charge in [-0.15, -0.1) is 0 Å². The van der Waals surface area contributed by atoms with Gasteiger partial charge in [0.15, 0.2) is 0 Å². The van der Waals surface area contributed by atoms with Crippen LogP contribution >= 0.6 is 23.2 Å². The number of hydrogen-bond donors (Lipinski definition) is 1. The summed E-state index contributed by atoms with van der Waals surface area (Å²) in [5.41, 5.74) is 2.61. The molecule has 0 bridgehead atoms. The van der Waals surface area contributed by atoms with Crippen LogP contribution in [-0.4, -0.2) is 50.4 Å². The first-order chi connectivity index (χ1) is 22.9. The molecule has 2 atom stereocenters. The van der Waals surface area contributed by atoms with E-state index in [4.69, 9.17) is 27.9 Å². The number of nitrogens with zero attached hydrogens (tertiary/aromatic N) is 2. The summed E-state index contributed by atoms with van der Waals surface area (Å²) in [6.07, 6.45) is 0.874. The van der Waals surface area contributed by atoms with Crippen LogP contribution in [0, 0.1) is 6.92 Å². The van der Waals surface area contributed by atoms with E-state index in [0.29, 0.717) is 40.1 Å². The van der Waals surface area contributed by atoms with Gasteiger partial charge < -0.3 is 15.0 Å². The van der Waals surface area contributed by atoms with E-state index in [1.807, 2.05) is 58.0 Å². The van der Waals surface area contributed by atoms with E-state index in [2.05, 4.69) is 5.32 Å². The number of aryl methyl sites for hydroxylation is 1. The van der Waals surface area contributed by atoms with Crippen molar-refractivity contribution in [1.29, 1.82) is 0 Å². The molecule has 0 fully saturated rings. The minimum Gasteiger partial charge on any atom is -0.494 e. The molecule has 1 N–H and O–H groups in total. The summed E-state index contributed by atoms with van der Waals surface area (Å²) in [4.78, 5) is 30.0. The average Bonchev–Trinajstić information content (AvgIpc) is 3.07. The predicted molar refractivity (Wildman–Crippen MR) is 192 cm³/mol. The molecule has 0 heterocycles. The van der Waals surface area contributed by atoms with Gasteiger partial charge in [-0.2, -0.15) is 0 Å². The Morgan fingerprint density at radius 2 is 1.56 bits per heavy atom. The Balaban J connectivity index is 1.82. The summed E-state index contributed by atoms with van der Waals surface area (Å²) in [6.45, 7) is 7.37. The topological polar surface area (TPSA) is 96.0 Å². The van der Waals surface area contributed by atoms with Crippen LogP contribution in [-0.2, 0) is 32.6 Å². The average molecular weight is 711 g/mol. The minimum absolute atomic E-state index is 0.0121. The zero-order valence-corrected chi connectivity index (χ0v) is 29.9. The number of nitrogens with one attached hydrogen (secondary N) is 1. The molecular formula is C37H41Cl2N3O5S. The highest BCUT2D eigenvalue weighted by molar-refractivity contribution is 7.92. The maximum Gasteiger partial charge on any atom is 0.264 e. The van der Waals surface area contributed by atoms with Gasteiger partial charge in [-0.1, -0.05) is 84.2 Å². The van der Waals surface area contributed by atoms with Crippen molar-refractivity contribution in [3.05, 3.63) is 124 Å². The minimum atomic E-state index is -4.26. The van der Waals surface area contributed by atoms with Gasteiger partial charge >= 0.3 is 0 Å². The molecule has 0 aromatic heterocycles. The number of ether oxygens (including phenoxy) is 1. The number of hydrogen-bond acceptors (Lipinski definition) is 5. The van der Waals surface area contributed by atoms with E-state index >= 15 is 0 Å². The van der Waals surface area contributed by atoms with Crippen LogP contribution in [0.25, 0.3) is 0 Å². The third-order valence-corrected chi connectivity index (χ3v) is 10.3. The summed E-state index contributed by atoms with van der Waals surface area (Å²) in [5.74, 6) is -0.421. The smallest absolute Gasteiger partial charge is 0.264 e. The van der Waals surface area contributed by atoms with Crippen molar-refractivity contribution in [2.75, 3.05) is 17.5 Å². The molecule has 0 aliphatic carbocycles. The molecular weight excluding hydrogens is 669 g/mol. The van der Waals surface area contributed by atoms with Crippen LogP contribution in [0.2, 0.25) is 10.0 Å². The molecule has 4 aromatic carbocycles. The van der Waals surface area contributed by atoms with Crippen molar-refractivity contribution in [2.24, 2.45) is 0 Å². The van der Waals surface area contributed by atoms with E-state index in [9.17, 15) is 18.0 Å². The van der Waals surface area contributed by atoms with Crippen molar-refractivity contribution < 1.29 is 22.7 Å². The number of carbonyl (C=O) groups is 2. The Morgan fingerprint density at radius 3 is 2.17 bits per heavy atom. The Hall–Kier alpha value is -4.05. The van der Waals surface area contributed by atoms with E-state index in [-0.39, 0.29) is 29.8 Å². The quantitative estimate of drug-likeness (QED) is 0.138. The number of sulfonamides is 1. The summed E-state index contributed by atoms with van der Waals surface area (Å²) in [6, 6.07) is 26.1. The van der Waals surface area contributed by atoms with Crippen LogP contribution in [0.3, 0.4) is 0 Å². The van der Waals surface area contributed by atoms with Gasteiger partial charge in [0.2, 0.25) is 11.8 Å². The lowest BCUT2D eigenvalue weighted by Gasteiger charge is -2.34. The van der Waals surface area contributed by atoms with E-state index < -0.39 is 28.5 Å². The fraction of sp³-hybridized carbons (Fsp3) is 0.297. The van der Waals surface area contributed by atoms with Crippen LogP contribution in [0.1, 0.15) is 43.9 Å². The summed E-state index contributed by atoms with van der Waals surface area (Å²) >= 11 is 12.8. The van der Waals surface area contributed by atoms with Crippen molar-refractivity contribution in [1.82, 2.24) is 10.2 Å². The van der Waals surface area contributed by atoms with E-state index in [1.165, 1.54) is 17.0 Å². The van der Waals surface area contributed by atoms with Crippen molar-refractivity contribution in [2.45, 2.75) is 64.1 Å². The van der Waals surface area contributed by atoms with Crippen LogP contribution in [0.15, 0.2) is 102 Å². The lowest BCUT2D eigenvalue weighted by molar-refractivity contribution is -0.140. The lowest BCUT2D eigenvalue weighted by atomic mass is 10.0. The SMILES string of the molecule is CCOc1ccc(S(=O)(=O)N(CC(=O)N(Cc2ccc(Cl)cc2Cl)C(Cc2ccccc2)C(=O)NC(C)CC)c2ccc(C)cc2)cc1. The number of rotatable bonds is 15. The first-order valence-corrected chi connectivity index (χ1v) is 18.0. The van der Waals surface area contributed by atoms with Crippen molar-refractivity contribution >= 4 is 50.7 Å². The van der Waals surface area contributed by atoms with Gasteiger partial charge in [0.25, 0.3) is 10.0 Å². The second-order valence-corrected chi connectivity index (χ2v) is 14.2. The molecule has 0 aliphatic heterocycles. The van der Waals surface area contributed by atoms with Gasteiger partial charge in [-0.05, 0) is 86.8 Å². The Morgan fingerprint density at radius 1 is 0.896 bits per heavy atom. The number of amides is 2. The number of anilines is 1. The van der Waals surface area contributed by atoms with E-state index in [0.717, 1.165) is 15.4 Å². The van der Waals surface area contributed by atoms with Crippen LogP contribution in [0.4, 0.5) is 5.69 Å². The van der Waals surface area contributed by atoms with Crippen molar-refractivity contribution in [3.63, 3.8) is 0 Å². The zero-order chi connectivity index (χ0) is 34.8. The molecule has 0 radical (unpaired) electrons. The number of benzene rings is 4. The Bertz CT molecular complexity index is 1790. The molecule has 8 nitrogen and oxygen atoms in total. The van der Waals surface area contributed by atoms with Crippen LogP contribution < -0.4 is 14.4 Å². The largest absolute Gasteiger partial charge is 0.494 e. The molecule has 48 heavy (non-hydrogen) atoms. The summed E-state index contributed by atoms with van der Waals surface area (Å²) in [5, 5.41) is 3.77. The maximum absolute atomic E-state index is 14.6. The first kappa shape index (κ1) is 36.8. The highest BCUT2D eigenvalue weighted by Gasteiger charge is 2.35. The molecule has 254 valence electrons. The Labute approximate surface area is 293 Å². The lowest BCUT2D eigenvalue weighted by Crippen LogP contribution is -2.54. The van der Waals surface area contributed by atoms with Crippen molar-refractivity contribution in [3.8, 4) is 5.75 Å².